The second-order valence-electron chi connectivity index (χ2n) is 10.7. The van der Waals surface area contributed by atoms with E-state index >= 15 is 0 Å². The number of hydrogen-bond acceptors (Lipinski definition) is 7. The Balaban J connectivity index is 0.000000555. The largest absolute Gasteiger partial charge is 0.433 e. The molecule has 3 fully saturated rings. The van der Waals surface area contributed by atoms with Crippen molar-refractivity contribution in [1.82, 2.24) is 20.2 Å². The van der Waals surface area contributed by atoms with Crippen LogP contribution in [-0.4, -0.2) is 45.7 Å². The molecule has 8 nitrogen and oxygen atoms in total. The maximum absolute atomic E-state index is 13.4. The van der Waals surface area contributed by atoms with Gasteiger partial charge in [-0.05, 0) is 62.0 Å². The molecule has 2 unspecified atom stereocenters. The molecule has 3 amide bonds. The molecule has 3 N–H and O–H groups in total. The smallest absolute Gasteiger partial charge is 0.366 e. The predicted octanol–water partition coefficient (Wildman–Crippen LogP) is 4.30. The Morgan fingerprint density at radius 2 is 1.82 bits per heavy atom. The number of imide groups is 1. The summed E-state index contributed by atoms with van der Waals surface area (Å²) in [6.07, 6.45) is -0.534. The zero-order valence-electron chi connectivity index (χ0n) is 21.7. The standard InChI is InChI=1S/C23H19F3N4O3S.C4H9N/c1-9-6-13(23(24,25)26)29-17(14(9)19(27)31)11-4-5-28-12-7-10(34-18(11)12)8-30-20(32)15-16(21(30)33)22(15,2)3;1-2-4-5-3-1/h4-7,15-16H,8H2,1-3H3,(H2,27,31);5H,1-4H2. The Hall–Kier alpha value is -3.38. The lowest BCUT2D eigenvalue weighted by molar-refractivity contribution is -0.144. The van der Waals surface area contributed by atoms with Crippen LogP contribution in [0.1, 0.15) is 53.2 Å². The second-order valence-corrected chi connectivity index (χ2v) is 11.8. The number of rotatable bonds is 4. The Morgan fingerprint density at radius 1 is 1.18 bits per heavy atom. The van der Waals surface area contributed by atoms with E-state index in [-0.39, 0.29) is 58.0 Å². The molecular formula is C27H28F3N5O3S. The first kappa shape index (κ1) is 27.2. The molecule has 2 aliphatic heterocycles. The highest BCUT2D eigenvalue weighted by Gasteiger charge is 2.72. The van der Waals surface area contributed by atoms with Crippen LogP contribution in [-0.2, 0) is 22.3 Å². The number of primary amides is 1. The fourth-order valence-corrected chi connectivity index (χ4v) is 6.63. The van der Waals surface area contributed by atoms with E-state index in [0.717, 1.165) is 6.07 Å². The van der Waals surface area contributed by atoms with Gasteiger partial charge >= 0.3 is 6.18 Å². The maximum Gasteiger partial charge on any atom is 0.433 e. The number of carbonyl (C=O) groups excluding carboxylic acids is 3. The van der Waals surface area contributed by atoms with E-state index in [1.54, 1.807) is 6.07 Å². The first-order chi connectivity index (χ1) is 18.3. The molecule has 2 atom stereocenters. The molecule has 0 aromatic carbocycles. The molecule has 6 rings (SSSR count). The highest BCUT2D eigenvalue weighted by Crippen LogP contribution is 2.63. The van der Waals surface area contributed by atoms with Gasteiger partial charge in [0, 0.05) is 16.6 Å². The van der Waals surface area contributed by atoms with Crippen LogP contribution in [0.5, 0.6) is 0 Å². The average molecular weight is 560 g/mol. The lowest BCUT2D eigenvalue weighted by Crippen LogP contribution is -2.35. The van der Waals surface area contributed by atoms with E-state index in [0.29, 0.717) is 15.1 Å². The van der Waals surface area contributed by atoms with E-state index in [1.807, 2.05) is 13.8 Å². The number of nitrogens with one attached hydrogen (secondary N) is 1. The van der Waals surface area contributed by atoms with Gasteiger partial charge in [0.05, 0.1) is 39.9 Å². The molecule has 0 bridgehead atoms. The fraction of sp³-hybridized carbons (Fsp3) is 0.444. The number of likely N-dealkylation sites (tertiary alicyclic amines) is 1. The van der Waals surface area contributed by atoms with Crippen molar-refractivity contribution in [2.75, 3.05) is 13.1 Å². The summed E-state index contributed by atoms with van der Waals surface area (Å²) in [5.41, 5.74) is 4.52. The summed E-state index contributed by atoms with van der Waals surface area (Å²) in [5, 5.41) is 3.22. The van der Waals surface area contributed by atoms with Gasteiger partial charge in [0.1, 0.15) is 5.69 Å². The summed E-state index contributed by atoms with van der Waals surface area (Å²) in [5.74, 6) is -1.93. The second kappa shape index (κ2) is 9.67. The van der Waals surface area contributed by atoms with Gasteiger partial charge in [-0.15, -0.1) is 11.3 Å². The lowest BCUT2D eigenvalue weighted by Gasteiger charge is -2.19. The zero-order valence-corrected chi connectivity index (χ0v) is 22.5. The number of amides is 3. The molecule has 3 aromatic rings. The van der Waals surface area contributed by atoms with E-state index in [4.69, 9.17) is 5.73 Å². The average Bonchev–Trinajstić information content (AvgIpc) is 3.37. The van der Waals surface area contributed by atoms with Crippen LogP contribution in [0.4, 0.5) is 13.2 Å². The van der Waals surface area contributed by atoms with E-state index < -0.39 is 17.8 Å². The maximum atomic E-state index is 13.4. The zero-order chi connectivity index (χ0) is 28.3. The molecule has 5 heterocycles. The number of halogens is 3. The first-order valence-electron chi connectivity index (χ1n) is 12.6. The minimum Gasteiger partial charge on any atom is -0.366 e. The minimum absolute atomic E-state index is 0.0545. The van der Waals surface area contributed by atoms with Crippen LogP contribution in [0.2, 0.25) is 0 Å². The molecule has 2 saturated heterocycles. The third-order valence-electron chi connectivity index (χ3n) is 7.63. The molecule has 0 radical (unpaired) electrons. The van der Waals surface area contributed by atoms with Crippen molar-refractivity contribution in [2.45, 2.75) is 46.3 Å². The topological polar surface area (TPSA) is 118 Å². The number of nitrogens with zero attached hydrogens (tertiary/aromatic N) is 3. The van der Waals surface area contributed by atoms with Gasteiger partial charge in [-0.3, -0.25) is 24.3 Å². The summed E-state index contributed by atoms with van der Waals surface area (Å²) < 4.78 is 40.8. The van der Waals surface area contributed by atoms with Gasteiger partial charge in [0.2, 0.25) is 11.8 Å². The highest BCUT2D eigenvalue weighted by atomic mass is 32.1. The summed E-state index contributed by atoms with van der Waals surface area (Å²) >= 11 is 1.18. The third kappa shape index (κ3) is 4.80. The summed E-state index contributed by atoms with van der Waals surface area (Å²) in [6, 6.07) is 3.95. The minimum atomic E-state index is -4.71. The number of hydrogen-bond donors (Lipinski definition) is 2. The molecule has 206 valence electrons. The number of aromatic nitrogens is 2. The molecule has 1 aliphatic carbocycles. The van der Waals surface area contributed by atoms with Crippen LogP contribution >= 0.6 is 11.3 Å². The summed E-state index contributed by atoms with van der Waals surface area (Å²) in [4.78, 5) is 47.4. The lowest BCUT2D eigenvalue weighted by atomic mass is 10.00. The Kier molecular flexibility index (Phi) is 6.74. The number of carbonyl (C=O) groups is 3. The third-order valence-corrected chi connectivity index (χ3v) is 8.78. The van der Waals surface area contributed by atoms with Gasteiger partial charge in [-0.25, -0.2) is 4.98 Å². The molecule has 3 aliphatic rings. The molecule has 12 heteroatoms. The normalized spacial score (nSPS) is 21.6. The SMILES string of the molecule is C1CCNC1.Cc1cc(C(F)(F)F)nc(-c2ccnc3cc(CN4C(=O)C5C(C4=O)C5(C)C)sc23)c1C(N)=O. The number of piperidine rings is 1. The monoisotopic (exact) mass is 559 g/mol. The van der Waals surface area contributed by atoms with Crippen LogP contribution < -0.4 is 11.1 Å². The number of nitrogens with two attached hydrogens (primary N) is 1. The fourth-order valence-electron chi connectivity index (χ4n) is 5.52. The van der Waals surface area contributed by atoms with E-state index in [9.17, 15) is 27.6 Å². The number of alkyl halides is 3. The Morgan fingerprint density at radius 3 is 2.36 bits per heavy atom. The summed E-state index contributed by atoms with van der Waals surface area (Å²) in [6.45, 7) is 7.71. The van der Waals surface area contributed by atoms with Crippen LogP contribution in [0.3, 0.4) is 0 Å². The van der Waals surface area contributed by atoms with Crippen LogP contribution in [0, 0.1) is 24.2 Å². The highest BCUT2D eigenvalue weighted by molar-refractivity contribution is 7.19. The molecule has 3 aromatic heterocycles. The van der Waals surface area contributed by atoms with E-state index in [1.165, 1.54) is 61.4 Å². The van der Waals surface area contributed by atoms with Gasteiger partial charge in [-0.2, -0.15) is 13.2 Å². The van der Waals surface area contributed by atoms with Crippen LogP contribution in [0.25, 0.3) is 21.5 Å². The van der Waals surface area contributed by atoms with Gasteiger partial charge in [0.25, 0.3) is 5.91 Å². The van der Waals surface area contributed by atoms with Crippen molar-refractivity contribution in [3.05, 3.63) is 46.1 Å². The Bertz CT molecular complexity index is 1460. The van der Waals surface area contributed by atoms with Crippen LogP contribution in [0.15, 0.2) is 24.4 Å². The Labute approximate surface area is 226 Å². The van der Waals surface area contributed by atoms with Crippen molar-refractivity contribution >= 4 is 39.3 Å². The molecule has 1 saturated carbocycles. The number of thiophene rings is 1. The number of fused-ring (bicyclic) bond motifs is 2. The van der Waals surface area contributed by atoms with E-state index in [2.05, 4.69) is 15.3 Å². The number of aryl methyl sites for hydroxylation is 1. The van der Waals surface area contributed by atoms with Crippen molar-refractivity contribution < 1.29 is 27.6 Å². The molecular weight excluding hydrogens is 531 g/mol. The van der Waals surface area contributed by atoms with Crippen molar-refractivity contribution in [3.8, 4) is 11.3 Å². The van der Waals surface area contributed by atoms with Gasteiger partial charge < -0.3 is 11.1 Å². The molecule has 0 spiro atoms. The van der Waals surface area contributed by atoms with Gasteiger partial charge in [-0.1, -0.05) is 13.8 Å². The van der Waals surface area contributed by atoms with Crippen molar-refractivity contribution in [1.29, 1.82) is 0 Å². The molecule has 39 heavy (non-hydrogen) atoms. The number of pyridine rings is 2. The summed E-state index contributed by atoms with van der Waals surface area (Å²) in [7, 11) is 0. The quantitative estimate of drug-likeness (QED) is 0.461. The first-order valence-corrected chi connectivity index (χ1v) is 13.5. The van der Waals surface area contributed by atoms with Crippen molar-refractivity contribution in [2.24, 2.45) is 23.0 Å². The van der Waals surface area contributed by atoms with Crippen molar-refractivity contribution in [3.63, 3.8) is 0 Å². The predicted molar refractivity (Wildman–Crippen MR) is 140 cm³/mol. The van der Waals surface area contributed by atoms with Gasteiger partial charge in [0.15, 0.2) is 0 Å².